The van der Waals surface area contributed by atoms with E-state index >= 15 is 0 Å². The number of aromatic amines is 1. The van der Waals surface area contributed by atoms with Crippen molar-refractivity contribution in [2.75, 3.05) is 6.54 Å². The van der Waals surface area contributed by atoms with Crippen molar-refractivity contribution in [3.63, 3.8) is 0 Å². The third kappa shape index (κ3) is 3.14. The van der Waals surface area contributed by atoms with Crippen molar-refractivity contribution in [2.24, 2.45) is 5.92 Å². The van der Waals surface area contributed by atoms with Gasteiger partial charge in [0.15, 0.2) is 5.54 Å². The van der Waals surface area contributed by atoms with E-state index in [0.29, 0.717) is 18.7 Å². The van der Waals surface area contributed by atoms with Crippen molar-refractivity contribution in [1.82, 2.24) is 20.1 Å². The van der Waals surface area contributed by atoms with Crippen LogP contribution in [0.25, 0.3) is 10.9 Å². The zero-order valence-electron chi connectivity index (χ0n) is 18.6. The van der Waals surface area contributed by atoms with E-state index in [1.807, 2.05) is 38.1 Å². The van der Waals surface area contributed by atoms with E-state index < -0.39 is 41.4 Å². The van der Waals surface area contributed by atoms with Gasteiger partial charge in [0, 0.05) is 17.4 Å². The smallest absolute Gasteiger partial charge is 0.328 e. The molecule has 9 heteroatoms. The number of nitrogens with one attached hydrogen (secondary N) is 2. The number of hydrogen-bond donors (Lipinski definition) is 3. The predicted octanol–water partition coefficient (Wildman–Crippen LogP) is 2.21. The molecule has 0 saturated carbocycles. The van der Waals surface area contributed by atoms with E-state index in [9.17, 15) is 24.3 Å². The maximum atomic E-state index is 13.8. The molecular formula is C23H28N4O5. The summed E-state index contributed by atoms with van der Waals surface area (Å²) in [4.78, 5) is 57.4. The number of urea groups is 1. The van der Waals surface area contributed by atoms with Crippen molar-refractivity contribution in [1.29, 1.82) is 0 Å². The number of nitrogens with zero attached hydrogens (tertiary/aromatic N) is 2. The van der Waals surface area contributed by atoms with Crippen molar-refractivity contribution in [3.05, 3.63) is 35.5 Å². The molecule has 2 aliphatic rings. The lowest BCUT2D eigenvalue weighted by molar-refractivity contribution is -0.143. The molecule has 32 heavy (non-hydrogen) atoms. The minimum absolute atomic E-state index is 0.000514. The first-order valence-electron chi connectivity index (χ1n) is 10.9. The lowest BCUT2D eigenvalue weighted by Gasteiger charge is -2.36. The second-order valence-electron chi connectivity index (χ2n) is 9.17. The number of carbonyl (C=O) groups is 4. The minimum Gasteiger partial charge on any atom is -0.480 e. The van der Waals surface area contributed by atoms with Crippen LogP contribution in [0, 0.1) is 5.92 Å². The van der Waals surface area contributed by atoms with Gasteiger partial charge in [-0.2, -0.15) is 0 Å². The van der Waals surface area contributed by atoms with Crippen LogP contribution >= 0.6 is 0 Å². The number of para-hydroxylation sites is 1. The van der Waals surface area contributed by atoms with Gasteiger partial charge in [-0.3, -0.25) is 14.4 Å². The average molecular weight is 441 g/mol. The Morgan fingerprint density at radius 1 is 1.22 bits per heavy atom. The summed E-state index contributed by atoms with van der Waals surface area (Å²) in [6.45, 7) is 7.19. The van der Waals surface area contributed by atoms with Gasteiger partial charge in [-0.05, 0) is 44.2 Å². The van der Waals surface area contributed by atoms with Crippen molar-refractivity contribution in [2.45, 2.75) is 58.2 Å². The number of imide groups is 1. The molecule has 1 aromatic carbocycles. The Bertz CT molecular complexity index is 1120. The molecule has 4 rings (SSSR count). The Morgan fingerprint density at radius 3 is 2.56 bits per heavy atom. The molecule has 170 valence electrons. The van der Waals surface area contributed by atoms with Gasteiger partial charge in [0.05, 0.1) is 5.69 Å². The van der Waals surface area contributed by atoms with Gasteiger partial charge in [0.1, 0.15) is 12.1 Å². The highest BCUT2D eigenvalue weighted by Gasteiger charge is 2.60. The van der Waals surface area contributed by atoms with Crippen molar-refractivity contribution >= 4 is 34.7 Å². The topological polar surface area (TPSA) is 123 Å². The SMILES string of the molecule is CC(C)C[C@@H](C(=O)N[C@H](C)C(=O)O)N1C(=O)N2CCc3c([nH]c4ccccc34)[C@@]2(C)C1=O. The average Bonchev–Trinajstić information content (AvgIpc) is 3.20. The Kier molecular flexibility index (Phi) is 5.22. The maximum absolute atomic E-state index is 13.8. The first kappa shape index (κ1) is 21.9. The second-order valence-corrected chi connectivity index (χ2v) is 9.17. The van der Waals surface area contributed by atoms with Crippen LogP contribution in [0.3, 0.4) is 0 Å². The maximum Gasteiger partial charge on any atom is 0.328 e. The summed E-state index contributed by atoms with van der Waals surface area (Å²) in [5, 5.41) is 12.6. The molecule has 0 unspecified atom stereocenters. The molecule has 3 atom stereocenters. The number of H-pyrrole nitrogens is 1. The lowest BCUT2D eigenvalue weighted by atomic mass is 9.86. The van der Waals surface area contributed by atoms with E-state index in [-0.39, 0.29) is 12.3 Å². The molecule has 0 aliphatic carbocycles. The van der Waals surface area contributed by atoms with Crippen LogP contribution in [0.2, 0.25) is 0 Å². The number of carbonyl (C=O) groups excluding carboxylic acids is 3. The molecule has 1 saturated heterocycles. The van der Waals surface area contributed by atoms with Gasteiger partial charge in [0.2, 0.25) is 5.91 Å². The number of carboxylic acids is 1. The number of benzene rings is 1. The zero-order valence-corrected chi connectivity index (χ0v) is 18.6. The van der Waals surface area contributed by atoms with Gasteiger partial charge in [0.25, 0.3) is 5.91 Å². The first-order valence-corrected chi connectivity index (χ1v) is 10.9. The van der Waals surface area contributed by atoms with Crippen LogP contribution in [-0.4, -0.2) is 62.3 Å². The standard InChI is InChI=1S/C23H28N4O5/c1-12(2)11-17(19(28)24-13(3)20(29)30)27-21(31)23(4)18-15(9-10-26(23)22(27)32)14-7-5-6-8-16(14)25-18/h5-8,12-13,17,25H,9-11H2,1-4H3,(H,24,28)(H,29,30)/t13-,17+,23+/m1/s1. The van der Waals surface area contributed by atoms with Crippen LogP contribution in [-0.2, 0) is 26.3 Å². The fourth-order valence-electron chi connectivity index (χ4n) is 4.84. The number of carboxylic acid groups (broad SMARTS) is 1. The summed E-state index contributed by atoms with van der Waals surface area (Å²) >= 11 is 0. The molecule has 3 N–H and O–H groups in total. The van der Waals surface area contributed by atoms with Gasteiger partial charge in [-0.1, -0.05) is 32.0 Å². The summed E-state index contributed by atoms with van der Waals surface area (Å²) in [6, 6.07) is 5.02. The lowest BCUT2D eigenvalue weighted by Crippen LogP contribution is -2.54. The summed E-state index contributed by atoms with van der Waals surface area (Å²) in [7, 11) is 0. The third-order valence-electron chi connectivity index (χ3n) is 6.54. The van der Waals surface area contributed by atoms with E-state index in [2.05, 4.69) is 10.3 Å². The minimum atomic E-state index is -1.25. The Hall–Kier alpha value is -3.36. The van der Waals surface area contributed by atoms with Gasteiger partial charge in [-0.15, -0.1) is 0 Å². The molecule has 0 bridgehead atoms. The fraction of sp³-hybridized carbons (Fsp3) is 0.478. The van der Waals surface area contributed by atoms with Gasteiger partial charge >= 0.3 is 12.0 Å². The zero-order chi connectivity index (χ0) is 23.4. The monoisotopic (exact) mass is 440 g/mol. The molecule has 1 fully saturated rings. The molecule has 2 aliphatic heterocycles. The molecule has 9 nitrogen and oxygen atoms in total. The van der Waals surface area contributed by atoms with Crippen LogP contribution in [0.1, 0.15) is 45.4 Å². The summed E-state index contributed by atoms with van der Waals surface area (Å²) in [6.07, 6.45) is 0.831. The fourth-order valence-corrected chi connectivity index (χ4v) is 4.84. The highest BCUT2D eigenvalue weighted by Crippen LogP contribution is 2.44. The Morgan fingerprint density at radius 2 is 1.91 bits per heavy atom. The summed E-state index contributed by atoms with van der Waals surface area (Å²) in [5.74, 6) is -2.30. The van der Waals surface area contributed by atoms with Crippen LogP contribution < -0.4 is 5.32 Å². The molecular weight excluding hydrogens is 412 g/mol. The normalized spacial score (nSPS) is 22.2. The van der Waals surface area contributed by atoms with E-state index in [0.717, 1.165) is 21.4 Å². The Labute approximate surface area is 185 Å². The molecule has 0 radical (unpaired) electrons. The molecule has 0 spiro atoms. The van der Waals surface area contributed by atoms with E-state index in [4.69, 9.17) is 0 Å². The number of hydrogen-bond acceptors (Lipinski definition) is 4. The second kappa shape index (κ2) is 7.65. The van der Waals surface area contributed by atoms with E-state index in [1.165, 1.54) is 11.8 Å². The quantitative estimate of drug-likeness (QED) is 0.595. The van der Waals surface area contributed by atoms with E-state index in [1.54, 1.807) is 6.92 Å². The molecule has 2 aromatic rings. The molecule has 3 heterocycles. The predicted molar refractivity (Wildman–Crippen MR) is 117 cm³/mol. The summed E-state index contributed by atoms with van der Waals surface area (Å²) < 4.78 is 0. The number of aliphatic carboxylic acids is 1. The summed E-state index contributed by atoms with van der Waals surface area (Å²) in [5.41, 5.74) is 1.32. The highest BCUT2D eigenvalue weighted by molar-refractivity contribution is 6.11. The highest BCUT2D eigenvalue weighted by atomic mass is 16.4. The van der Waals surface area contributed by atoms with Gasteiger partial charge < -0.3 is 20.3 Å². The number of rotatable bonds is 6. The van der Waals surface area contributed by atoms with Gasteiger partial charge in [-0.25, -0.2) is 9.69 Å². The molecule has 1 aromatic heterocycles. The Balaban J connectivity index is 1.76. The molecule has 4 amide bonds. The van der Waals surface area contributed by atoms with Crippen molar-refractivity contribution in [3.8, 4) is 0 Å². The first-order chi connectivity index (χ1) is 15.1. The van der Waals surface area contributed by atoms with Crippen LogP contribution in [0.15, 0.2) is 24.3 Å². The van der Waals surface area contributed by atoms with Crippen molar-refractivity contribution < 1.29 is 24.3 Å². The van der Waals surface area contributed by atoms with Crippen LogP contribution in [0.4, 0.5) is 4.79 Å². The number of aromatic nitrogens is 1. The number of amides is 4. The number of fused-ring (bicyclic) bond motifs is 5. The third-order valence-corrected chi connectivity index (χ3v) is 6.54. The van der Waals surface area contributed by atoms with Crippen LogP contribution in [0.5, 0.6) is 0 Å². The largest absolute Gasteiger partial charge is 0.480 e.